The summed E-state index contributed by atoms with van der Waals surface area (Å²) in [5.74, 6) is 0.649. The van der Waals surface area contributed by atoms with Crippen LogP contribution in [0.25, 0.3) is 0 Å². The minimum atomic E-state index is -0.657. The zero-order chi connectivity index (χ0) is 25.9. The Morgan fingerprint density at radius 1 is 0.917 bits per heavy atom. The number of nitrogens with zero attached hydrogens (tertiary/aromatic N) is 1. The van der Waals surface area contributed by atoms with E-state index in [9.17, 15) is 9.59 Å². The molecule has 0 bridgehead atoms. The van der Waals surface area contributed by atoms with E-state index < -0.39 is 6.04 Å². The molecule has 0 heterocycles. The van der Waals surface area contributed by atoms with Gasteiger partial charge in [0.25, 0.3) is 0 Å². The fraction of sp³-hybridized carbons (Fsp3) is 0.310. The second-order valence-corrected chi connectivity index (χ2v) is 11.0. The van der Waals surface area contributed by atoms with Crippen molar-refractivity contribution in [2.24, 2.45) is 5.92 Å². The molecule has 0 aliphatic rings. The molecule has 0 aliphatic carbocycles. The molecule has 36 heavy (non-hydrogen) atoms. The van der Waals surface area contributed by atoms with Crippen LogP contribution < -0.4 is 5.32 Å². The Kier molecular flexibility index (Phi) is 11.2. The Balaban J connectivity index is 1.84. The number of amides is 2. The van der Waals surface area contributed by atoms with Crippen molar-refractivity contribution >= 4 is 46.8 Å². The number of halogens is 2. The Morgan fingerprint density at radius 2 is 1.58 bits per heavy atom. The van der Waals surface area contributed by atoms with E-state index >= 15 is 0 Å². The smallest absolute Gasteiger partial charge is 0.243 e. The highest BCUT2D eigenvalue weighted by Gasteiger charge is 2.30. The maximum absolute atomic E-state index is 13.6. The molecule has 0 radical (unpaired) electrons. The minimum absolute atomic E-state index is 0.0861. The largest absolute Gasteiger partial charge is 0.354 e. The van der Waals surface area contributed by atoms with Crippen LogP contribution in [-0.4, -0.2) is 35.1 Å². The molecule has 0 aromatic heterocycles. The summed E-state index contributed by atoms with van der Waals surface area (Å²) in [5.41, 5.74) is 1.81. The quantitative estimate of drug-likeness (QED) is 0.253. The summed E-state index contributed by atoms with van der Waals surface area (Å²) < 4.78 is 0. The van der Waals surface area contributed by atoms with Gasteiger partial charge in [-0.2, -0.15) is 0 Å². The van der Waals surface area contributed by atoms with Gasteiger partial charge in [-0.05, 0) is 47.4 Å². The number of nitrogens with one attached hydrogen (secondary N) is 1. The average Bonchev–Trinajstić information content (AvgIpc) is 2.87. The zero-order valence-corrected chi connectivity index (χ0v) is 23.0. The topological polar surface area (TPSA) is 49.4 Å². The van der Waals surface area contributed by atoms with Crippen molar-refractivity contribution in [3.63, 3.8) is 0 Å². The van der Waals surface area contributed by atoms with Crippen molar-refractivity contribution in [3.05, 3.63) is 100 Å². The van der Waals surface area contributed by atoms with E-state index in [0.29, 0.717) is 41.1 Å². The molecule has 0 unspecified atom stereocenters. The van der Waals surface area contributed by atoms with Crippen LogP contribution in [0.15, 0.2) is 83.8 Å². The van der Waals surface area contributed by atoms with E-state index in [0.717, 1.165) is 16.0 Å². The van der Waals surface area contributed by atoms with Crippen molar-refractivity contribution in [3.8, 4) is 0 Å². The van der Waals surface area contributed by atoms with E-state index in [1.165, 1.54) is 0 Å². The third-order valence-electron chi connectivity index (χ3n) is 5.65. The van der Waals surface area contributed by atoms with Gasteiger partial charge >= 0.3 is 0 Å². The highest BCUT2D eigenvalue weighted by Crippen LogP contribution is 2.24. The van der Waals surface area contributed by atoms with Crippen LogP contribution in [0.4, 0.5) is 0 Å². The monoisotopic (exact) mass is 542 g/mol. The van der Waals surface area contributed by atoms with Crippen LogP contribution in [0, 0.1) is 5.92 Å². The number of benzene rings is 3. The molecule has 0 saturated heterocycles. The van der Waals surface area contributed by atoms with Crippen molar-refractivity contribution in [1.29, 1.82) is 0 Å². The van der Waals surface area contributed by atoms with Crippen molar-refractivity contribution in [2.45, 2.75) is 44.2 Å². The van der Waals surface area contributed by atoms with Gasteiger partial charge in [-0.3, -0.25) is 9.59 Å². The van der Waals surface area contributed by atoms with Crippen LogP contribution in [0.1, 0.15) is 31.4 Å². The number of hydrogen-bond donors (Lipinski definition) is 1. The summed E-state index contributed by atoms with van der Waals surface area (Å²) in [5, 5.41) is 4.30. The maximum Gasteiger partial charge on any atom is 0.243 e. The van der Waals surface area contributed by atoms with E-state index in [1.54, 1.807) is 22.7 Å². The van der Waals surface area contributed by atoms with Crippen LogP contribution in [0.3, 0.4) is 0 Å². The fourth-order valence-corrected chi connectivity index (χ4v) is 4.88. The molecular formula is C29H32Cl2N2O2S. The molecule has 190 valence electrons. The summed E-state index contributed by atoms with van der Waals surface area (Å²) in [7, 11) is 0. The van der Waals surface area contributed by atoms with Crippen LogP contribution in [-0.2, 0) is 22.6 Å². The molecule has 3 aromatic carbocycles. The van der Waals surface area contributed by atoms with Gasteiger partial charge in [-0.15, -0.1) is 11.8 Å². The summed E-state index contributed by atoms with van der Waals surface area (Å²) in [6.45, 7) is 4.90. The Hall–Kier alpha value is -2.47. The molecule has 7 heteroatoms. The molecule has 3 aromatic rings. The van der Waals surface area contributed by atoms with Gasteiger partial charge in [0.15, 0.2) is 0 Å². The number of rotatable bonds is 12. The molecule has 0 fully saturated rings. The number of carbonyl (C=O) groups is 2. The summed E-state index contributed by atoms with van der Waals surface area (Å²) in [6.07, 6.45) is 0.714. The van der Waals surface area contributed by atoms with Crippen molar-refractivity contribution in [1.82, 2.24) is 10.2 Å². The van der Waals surface area contributed by atoms with Gasteiger partial charge in [0.1, 0.15) is 6.04 Å². The average molecular weight is 544 g/mol. The second kappa shape index (κ2) is 14.3. The Labute approximate surface area is 228 Å². The number of carbonyl (C=O) groups excluding carboxylic acids is 2. The van der Waals surface area contributed by atoms with Gasteiger partial charge < -0.3 is 10.2 Å². The fourth-order valence-electron chi connectivity index (χ4n) is 3.72. The molecule has 0 spiro atoms. The first-order valence-corrected chi connectivity index (χ1v) is 13.8. The van der Waals surface area contributed by atoms with Crippen molar-refractivity contribution in [2.75, 3.05) is 12.3 Å². The predicted molar refractivity (Wildman–Crippen MR) is 151 cm³/mol. The zero-order valence-electron chi connectivity index (χ0n) is 20.6. The van der Waals surface area contributed by atoms with Crippen LogP contribution >= 0.6 is 35.0 Å². The lowest BCUT2D eigenvalue weighted by atomic mass is 10.0. The Morgan fingerprint density at radius 3 is 2.25 bits per heavy atom. The lowest BCUT2D eigenvalue weighted by molar-refractivity contribution is -0.141. The van der Waals surface area contributed by atoms with E-state index in [2.05, 4.69) is 5.32 Å². The predicted octanol–water partition coefficient (Wildman–Crippen LogP) is 6.89. The number of thioether (sulfide) groups is 1. The first-order valence-electron chi connectivity index (χ1n) is 12.1. The van der Waals surface area contributed by atoms with E-state index in [4.69, 9.17) is 23.2 Å². The lowest BCUT2D eigenvalue weighted by Gasteiger charge is -2.32. The summed E-state index contributed by atoms with van der Waals surface area (Å²) in [6, 6.07) is 24.2. The molecule has 2 amide bonds. The molecule has 0 saturated carbocycles. The van der Waals surface area contributed by atoms with Crippen LogP contribution in [0.5, 0.6) is 0 Å². The number of hydrogen-bond acceptors (Lipinski definition) is 3. The van der Waals surface area contributed by atoms with Crippen molar-refractivity contribution < 1.29 is 9.59 Å². The minimum Gasteiger partial charge on any atom is -0.354 e. The summed E-state index contributed by atoms with van der Waals surface area (Å²) in [4.78, 5) is 29.8. The SMILES string of the molecule is CC(C)CNC(=O)[C@@H](Cc1ccccc1)N(Cc1ccccc1Cl)C(=O)CCSc1ccc(Cl)cc1. The van der Waals surface area contributed by atoms with E-state index in [1.807, 2.05) is 86.6 Å². The Bertz CT molecular complexity index is 1120. The van der Waals surface area contributed by atoms with Gasteiger partial charge in [0.05, 0.1) is 0 Å². The molecule has 1 atom stereocenters. The van der Waals surface area contributed by atoms with Gasteiger partial charge in [-0.25, -0.2) is 0 Å². The van der Waals surface area contributed by atoms with Gasteiger partial charge in [-0.1, -0.05) is 85.6 Å². The first-order chi connectivity index (χ1) is 17.3. The van der Waals surface area contributed by atoms with Gasteiger partial charge in [0.2, 0.25) is 11.8 Å². The third-order valence-corrected chi connectivity index (χ3v) is 7.29. The van der Waals surface area contributed by atoms with E-state index in [-0.39, 0.29) is 18.4 Å². The standard InChI is InChI=1S/C29H32Cl2N2O2S/c1-21(2)19-32-29(35)27(18-22-8-4-3-5-9-22)33(20-23-10-6-7-11-26(23)31)28(34)16-17-36-25-14-12-24(30)13-15-25/h3-15,21,27H,16-20H2,1-2H3,(H,32,35)/t27-/m1/s1. The molecule has 4 nitrogen and oxygen atoms in total. The maximum atomic E-state index is 13.6. The highest BCUT2D eigenvalue weighted by molar-refractivity contribution is 7.99. The third kappa shape index (κ3) is 8.88. The molecule has 1 N–H and O–H groups in total. The lowest BCUT2D eigenvalue weighted by Crippen LogP contribution is -2.51. The molecule has 3 rings (SSSR count). The normalized spacial score (nSPS) is 11.8. The molecule has 0 aliphatic heterocycles. The van der Waals surface area contributed by atoms with Gasteiger partial charge in [0, 0.05) is 46.6 Å². The summed E-state index contributed by atoms with van der Waals surface area (Å²) >= 11 is 14.0. The second-order valence-electron chi connectivity index (χ2n) is 9.01. The first kappa shape index (κ1) is 28.1. The highest BCUT2D eigenvalue weighted by atomic mass is 35.5. The molecular weight excluding hydrogens is 511 g/mol. The van der Waals surface area contributed by atoms with Crippen LogP contribution in [0.2, 0.25) is 10.0 Å².